The van der Waals surface area contributed by atoms with Crippen molar-refractivity contribution in [2.24, 2.45) is 0 Å². The summed E-state index contributed by atoms with van der Waals surface area (Å²) in [6.45, 7) is 10.2. The number of carbonyl (C=O) groups is 4. The first kappa shape index (κ1) is 34.3. The Kier molecular flexibility index (Phi) is 11.6. The highest BCUT2D eigenvalue weighted by Crippen LogP contribution is 2.27. The number of amides is 4. The van der Waals surface area contributed by atoms with Gasteiger partial charge in [-0.3, -0.25) is 23.9 Å². The molecule has 4 rings (SSSR count). The van der Waals surface area contributed by atoms with Gasteiger partial charge in [0.15, 0.2) is 0 Å². The third-order valence-electron chi connectivity index (χ3n) is 8.64. The van der Waals surface area contributed by atoms with Crippen molar-refractivity contribution in [2.75, 3.05) is 38.5 Å². The van der Waals surface area contributed by atoms with Crippen LogP contribution in [0.4, 0.5) is 10.1 Å². The molecule has 3 aromatic rings. The van der Waals surface area contributed by atoms with Crippen LogP contribution >= 0.6 is 0 Å². The van der Waals surface area contributed by atoms with Gasteiger partial charge in [0.05, 0.1) is 5.69 Å². The van der Waals surface area contributed by atoms with Crippen molar-refractivity contribution in [3.8, 4) is 0 Å². The maximum Gasteiger partial charge on any atom is 0.270 e. The summed E-state index contributed by atoms with van der Waals surface area (Å²) in [5, 5.41) is 12.5. The number of carbonyl (C=O) groups excluding carboxylic acids is 4. The molecule has 246 valence electrons. The molecular weight excluding hydrogens is 589 g/mol. The lowest BCUT2D eigenvalue weighted by Crippen LogP contribution is -2.55. The van der Waals surface area contributed by atoms with Crippen LogP contribution in [0, 0.1) is 5.82 Å². The zero-order valence-corrected chi connectivity index (χ0v) is 27.1. The Labute approximate surface area is 269 Å². The highest BCUT2D eigenvalue weighted by atomic mass is 19.1. The summed E-state index contributed by atoms with van der Waals surface area (Å²) in [6, 6.07) is 13.3. The van der Waals surface area contributed by atoms with E-state index in [1.54, 1.807) is 30.9 Å². The molecule has 46 heavy (non-hydrogen) atoms. The van der Waals surface area contributed by atoms with Gasteiger partial charge in [0.1, 0.15) is 23.6 Å². The van der Waals surface area contributed by atoms with Gasteiger partial charge >= 0.3 is 0 Å². The van der Waals surface area contributed by atoms with Crippen molar-refractivity contribution in [3.63, 3.8) is 0 Å². The van der Waals surface area contributed by atoms with Crippen LogP contribution in [0.15, 0.2) is 60.8 Å². The molecule has 0 saturated carbocycles. The quantitative estimate of drug-likeness (QED) is 0.281. The molecule has 0 aliphatic carbocycles. The van der Waals surface area contributed by atoms with E-state index in [1.165, 1.54) is 23.0 Å². The standard InChI is InChI=1S/C34H44FN7O4/c1-6-29(43)38-31(34(46)41-19-17-40(5)18-20-41)23(4)25-13-14-27(26(35)21-25)37-33(45)30(22(3)24-11-9-8-10-12-24)39-32(44)28-15-16-36-42(28)7-2/h8-16,21-23,30-31H,6-7,17-20H2,1-5H3,(H,37,45)(H,38,43)(H,39,44)/t22-,23-,30?,31+/m0/s1. The molecule has 1 aliphatic heterocycles. The Morgan fingerprint density at radius 2 is 1.54 bits per heavy atom. The smallest absolute Gasteiger partial charge is 0.270 e. The van der Waals surface area contributed by atoms with Crippen LogP contribution < -0.4 is 16.0 Å². The van der Waals surface area contributed by atoms with Gasteiger partial charge in [0.2, 0.25) is 17.7 Å². The van der Waals surface area contributed by atoms with E-state index in [-0.39, 0.29) is 23.9 Å². The second kappa shape index (κ2) is 15.6. The number of piperazine rings is 1. The number of benzene rings is 2. The topological polar surface area (TPSA) is 129 Å². The molecule has 0 bridgehead atoms. The summed E-state index contributed by atoms with van der Waals surface area (Å²) in [5.41, 5.74) is 1.55. The Morgan fingerprint density at radius 3 is 2.17 bits per heavy atom. The molecule has 1 aromatic heterocycles. The number of anilines is 1. The number of aryl methyl sites for hydroxylation is 1. The summed E-state index contributed by atoms with van der Waals surface area (Å²) in [7, 11) is 1.99. The van der Waals surface area contributed by atoms with E-state index in [1.807, 2.05) is 51.2 Å². The number of hydrogen-bond donors (Lipinski definition) is 3. The molecule has 0 radical (unpaired) electrons. The van der Waals surface area contributed by atoms with Crippen molar-refractivity contribution >= 4 is 29.3 Å². The number of hydrogen-bond acceptors (Lipinski definition) is 6. The van der Waals surface area contributed by atoms with E-state index in [2.05, 4.69) is 25.9 Å². The highest BCUT2D eigenvalue weighted by Gasteiger charge is 2.34. The van der Waals surface area contributed by atoms with Crippen LogP contribution in [0.3, 0.4) is 0 Å². The molecule has 2 aromatic carbocycles. The van der Waals surface area contributed by atoms with Gasteiger partial charge in [-0.2, -0.15) is 5.10 Å². The predicted octanol–water partition coefficient (Wildman–Crippen LogP) is 3.36. The van der Waals surface area contributed by atoms with Crippen LogP contribution in [0.25, 0.3) is 0 Å². The van der Waals surface area contributed by atoms with Crippen molar-refractivity contribution in [2.45, 2.75) is 64.6 Å². The molecule has 12 heteroatoms. The average molecular weight is 634 g/mol. The first-order valence-corrected chi connectivity index (χ1v) is 15.8. The zero-order valence-electron chi connectivity index (χ0n) is 27.1. The zero-order chi connectivity index (χ0) is 33.4. The molecule has 11 nitrogen and oxygen atoms in total. The van der Waals surface area contributed by atoms with Crippen LogP contribution in [-0.2, 0) is 20.9 Å². The second-order valence-corrected chi connectivity index (χ2v) is 11.7. The van der Waals surface area contributed by atoms with Crippen molar-refractivity contribution in [3.05, 3.63) is 83.4 Å². The molecule has 1 aliphatic rings. The lowest BCUT2D eigenvalue weighted by Gasteiger charge is -2.36. The Morgan fingerprint density at radius 1 is 0.870 bits per heavy atom. The normalized spacial score (nSPS) is 16.2. The fourth-order valence-corrected chi connectivity index (χ4v) is 5.58. The summed E-state index contributed by atoms with van der Waals surface area (Å²) in [4.78, 5) is 56.7. The van der Waals surface area contributed by atoms with Gasteiger partial charge in [0.25, 0.3) is 5.91 Å². The molecule has 1 saturated heterocycles. The van der Waals surface area contributed by atoms with Gasteiger partial charge < -0.3 is 25.8 Å². The monoisotopic (exact) mass is 633 g/mol. The van der Waals surface area contributed by atoms with Crippen LogP contribution in [0.2, 0.25) is 0 Å². The molecule has 2 heterocycles. The third kappa shape index (κ3) is 8.16. The van der Waals surface area contributed by atoms with E-state index in [0.29, 0.717) is 30.9 Å². The van der Waals surface area contributed by atoms with Crippen LogP contribution in [0.1, 0.15) is 67.6 Å². The van der Waals surface area contributed by atoms with Crippen LogP contribution in [0.5, 0.6) is 0 Å². The largest absolute Gasteiger partial charge is 0.344 e. The minimum Gasteiger partial charge on any atom is -0.344 e. The Bertz CT molecular complexity index is 1520. The van der Waals surface area contributed by atoms with Crippen molar-refractivity contribution in [1.82, 2.24) is 30.2 Å². The Hall–Kier alpha value is -4.58. The van der Waals surface area contributed by atoms with Crippen molar-refractivity contribution in [1.29, 1.82) is 0 Å². The summed E-state index contributed by atoms with van der Waals surface area (Å²) in [5.74, 6) is -3.25. The molecule has 4 atom stereocenters. The molecule has 4 amide bonds. The third-order valence-corrected chi connectivity index (χ3v) is 8.64. The van der Waals surface area contributed by atoms with E-state index in [4.69, 9.17) is 0 Å². The minimum atomic E-state index is -1.04. The highest BCUT2D eigenvalue weighted by molar-refractivity contribution is 6.01. The summed E-state index contributed by atoms with van der Waals surface area (Å²) in [6.07, 6.45) is 1.72. The van der Waals surface area contributed by atoms with E-state index < -0.39 is 41.6 Å². The number of likely N-dealkylation sites (N-methyl/N-ethyl adjacent to an activating group) is 1. The lowest BCUT2D eigenvalue weighted by atomic mass is 9.91. The van der Waals surface area contributed by atoms with Gasteiger partial charge in [-0.15, -0.1) is 0 Å². The summed E-state index contributed by atoms with van der Waals surface area (Å²) < 4.78 is 17.2. The van der Waals surface area contributed by atoms with Gasteiger partial charge in [-0.05, 0) is 43.3 Å². The molecule has 3 N–H and O–H groups in total. The minimum absolute atomic E-state index is 0.0707. The Balaban J connectivity index is 1.55. The van der Waals surface area contributed by atoms with Crippen molar-refractivity contribution < 1.29 is 23.6 Å². The van der Waals surface area contributed by atoms with E-state index in [9.17, 15) is 19.2 Å². The number of nitrogens with zero attached hydrogens (tertiary/aromatic N) is 4. The number of halogens is 1. The fraction of sp³-hybridized carbons (Fsp3) is 0.441. The molecule has 1 unspecified atom stereocenters. The number of nitrogens with one attached hydrogen (secondary N) is 3. The summed E-state index contributed by atoms with van der Waals surface area (Å²) >= 11 is 0. The van der Waals surface area contributed by atoms with E-state index >= 15 is 4.39 Å². The first-order valence-electron chi connectivity index (χ1n) is 15.8. The maximum absolute atomic E-state index is 15.6. The first-order chi connectivity index (χ1) is 22.0. The number of aromatic nitrogens is 2. The van der Waals surface area contributed by atoms with Gasteiger partial charge in [-0.1, -0.05) is 57.2 Å². The lowest BCUT2D eigenvalue weighted by molar-refractivity contribution is -0.138. The molecule has 0 spiro atoms. The van der Waals surface area contributed by atoms with Gasteiger partial charge in [-0.25, -0.2) is 4.39 Å². The maximum atomic E-state index is 15.6. The second-order valence-electron chi connectivity index (χ2n) is 11.7. The SMILES string of the molecule is CCC(=O)N[C@@H](C(=O)N1CCN(C)CC1)[C@@H](C)c1ccc(NC(=O)C(NC(=O)c2ccnn2CC)[C@@H](C)c2ccccc2)c(F)c1. The van der Waals surface area contributed by atoms with E-state index in [0.717, 1.165) is 18.7 Å². The van der Waals surface area contributed by atoms with Crippen LogP contribution in [-0.4, -0.2) is 88.5 Å². The van der Waals surface area contributed by atoms with Gasteiger partial charge in [0, 0.05) is 57.2 Å². The molecular formula is C34H44FN7O4. The fourth-order valence-electron chi connectivity index (χ4n) is 5.58. The number of rotatable bonds is 12. The average Bonchev–Trinajstić information content (AvgIpc) is 3.56. The molecule has 1 fully saturated rings. The predicted molar refractivity (Wildman–Crippen MR) is 174 cm³/mol.